The van der Waals surface area contributed by atoms with Gasteiger partial charge in [-0.3, -0.25) is 9.59 Å². The van der Waals surface area contributed by atoms with Crippen molar-refractivity contribution in [3.8, 4) is 0 Å². The van der Waals surface area contributed by atoms with Gasteiger partial charge in [-0.15, -0.1) is 0 Å². The fourth-order valence-electron chi connectivity index (χ4n) is 3.19. The van der Waals surface area contributed by atoms with E-state index in [1.807, 2.05) is 0 Å². The fraction of sp³-hybridized carbons (Fsp3) is 0.300. The van der Waals surface area contributed by atoms with E-state index in [0.717, 1.165) is 28.7 Å². The highest BCUT2D eigenvalue weighted by Gasteiger charge is 2.39. The molecule has 5 nitrogen and oxygen atoms in total. The van der Waals surface area contributed by atoms with Gasteiger partial charge < -0.3 is 15.3 Å². The Labute approximate surface area is 170 Å². The molecule has 2 unspecified atom stereocenters. The summed E-state index contributed by atoms with van der Waals surface area (Å²) in [6.07, 6.45) is -5.51. The number of carbonyl (C=O) groups excluding carboxylic acids is 2. The van der Waals surface area contributed by atoms with Crippen molar-refractivity contribution >= 4 is 23.4 Å². The van der Waals surface area contributed by atoms with Crippen LogP contribution in [0.2, 0.25) is 5.02 Å². The summed E-state index contributed by atoms with van der Waals surface area (Å²) >= 11 is 5.82. The van der Waals surface area contributed by atoms with Crippen molar-refractivity contribution in [3.05, 3.63) is 70.2 Å². The molecule has 154 valence electrons. The third kappa shape index (κ3) is 5.07. The summed E-state index contributed by atoms with van der Waals surface area (Å²) in [7, 11) is 0. The van der Waals surface area contributed by atoms with Gasteiger partial charge in [0.15, 0.2) is 0 Å². The number of benzene rings is 2. The molecule has 1 aliphatic heterocycles. The average molecular weight is 427 g/mol. The number of aliphatic hydroxyl groups is 1. The van der Waals surface area contributed by atoms with Gasteiger partial charge in [0.05, 0.1) is 11.7 Å². The number of amides is 2. The quantitative estimate of drug-likeness (QED) is 0.788. The molecule has 29 heavy (non-hydrogen) atoms. The number of hydrogen-bond donors (Lipinski definition) is 2. The average Bonchev–Trinajstić information content (AvgIpc) is 3.08. The number of nitrogens with zero attached hydrogens (tertiary/aromatic N) is 1. The van der Waals surface area contributed by atoms with Crippen molar-refractivity contribution in [2.24, 2.45) is 0 Å². The molecule has 2 aromatic rings. The van der Waals surface area contributed by atoms with Crippen LogP contribution in [0.3, 0.4) is 0 Å². The summed E-state index contributed by atoms with van der Waals surface area (Å²) in [6, 6.07) is 9.84. The number of hydrogen-bond acceptors (Lipinski definition) is 3. The second kappa shape index (κ2) is 8.42. The van der Waals surface area contributed by atoms with E-state index < -0.39 is 35.7 Å². The molecule has 3 rings (SSSR count). The number of alkyl halides is 3. The van der Waals surface area contributed by atoms with Gasteiger partial charge in [-0.25, -0.2) is 0 Å². The summed E-state index contributed by atoms with van der Waals surface area (Å²) < 4.78 is 38.8. The van der Waals surface area contributed by atoms with Crippen LogP contribution in [0.5, 0.6) is 0 Å². The number of carbonyl (C=O) groups is 2. The first-order chi connectivity index (χ1) is 13.6. The Morgan fingerprint density at radius 1 is 1.17 bits per heavy atom. The lowest BCUT2D eigenvalue weighted by Gasteiger charge is -2.24. The van der Waals surface area contributed by atoms with E-state index in [4.69, 9.17) is 11.6 Å². The highest BCUT2D eigenvalue weighted by atomic mass is 35.5. The van der Waals surface area contributed by atoms with Crippen LogP contribution in [-0.2, 0) is 17.5 Å². The van der Waals surface area contributed by atoms with Gasteiger partial charge in [0, 0.05) is 30.1 Å². The predicted molar refractivity (Wildman–Crippen MR) is 100 cm³/mol. The van der Waals surface area contributed by atoms with Crippen LogP contribution in [0.4, 0.5) is 13.2 Å². The third-order valence-corrected chi connectivity index (χ3v) is 4.91. The third-order valence-electron chi connectivity index (χ3n) is 4.66. The summed E-state index contributed by atoms with van der Waals surface area (Å²) in [4.78, 5) is 26.4. The van der Waals surface area contributed by atoms with E-state index in [0.29, 0.717) is 5.02 Å². The van der Waals surface area contributed by atoms with Crippen molar-refractivity contribution in [1.29, 1.82) is 0 Å². The van der Waals surface area contributed by atoms with Crippen LogP contribution >= 0.6 is 11.6 Å². The van der Waals surface area contributed by atoms with Crippen molar-refractivity contribution in [2.75, 3.05) is 6.54 Å². The molecule has 0 radical (unpaired) electrons. The van der Waals surface area contributed by atoms with Gasteiger partial charge >= 0.3 is 6.18 Å². The van der Waals surface area contributed by atoms with Crippen LogP contribution in [0.15, 0.2) is 48.5 Å². The van der Waals surface area contributed by atoms with Crippen molar-refractivity contribution < 1.29 is 27.9 Å². The maximum absolute atomic E-state index is 12.9. The minimum atomic E-state index is -4.59. The first-order valence-electron chi connectivity index (χ1n) is 8.83. The molecule has 0 aliphatic carbocycles. The number of halogens is 4. The van der Waals surface area contributed by atoms with E-state index in [1.165, 1.54) is 6.07 Å². The zero-order chi connectivity index (χ0) is 21.2. The first-order valence-corrected chi connectivity index (χ1v) is 9.21. The SMILES string of the molecule is O=C(NCc1ccc(Cl)cc1)C1CC(O)CN1C(=O)c1cccc(C(F)(F)F)c1. The molecule has 2 atom stereocenters. The van der Waals surface area contributed by atoms with Gasteiger partial charge in [0.1, 0.15) is 6.04 Å². The highest BCUT2D eigenvalue weighted by molar-refractivity contribution is 6.30. The molecule has 1 aliphatic rings. The van der Waals surface area contributed by atoms with E-state index in [1.54, 1.807) is 24.3 Å². The minimum absolute atomic E-state index is 0.0111. The topological polar surface area (TPSA) is 69.6 Å². The lowest BCUT2D eigenvalue weighted by atomic mass is 10.1. The van der Waals surface area contributed by atoms with Crippen LogP contribution in [-0.4, -0.2) is 40.5 Å². The normalized spacial score (nSPS) is 19.3. The molecule has 1 heterocycles. The monoisotopic (exact) mass is 426 g/mol. The van der Waals surface area contributed by atoms with Crippen molar-refractivity contribution in [2.45, 2.75) is 31.3 Å². The second-order valence-electron chi connectivity index (χ2n) is 6.79. The van der Waals surface area contributed by atoms with E-state index in [-0.39, 0.29) is 25.1 Å². The molecule has 0 aromatic heterocycles. The van der Waals surface area contributed by atoms with Crippen LogP contribution in [0.25, 0.3) is 0 Å². The van der Waals surface area contributed by atoms with Crippen LogP contribution < -0.4 is 5.32 Å². The Morgan fingerprint density at radius 3 is 2.52 bits per heavy atom. The lowest BCUT2D eigenvalue weighted by molar-refractivity contribution is -0.137. The number of aliphatic hydroxyl groups excluding tert-OH is 1. The first kappa shape index (κ1) is 21.1. The predicted octanol–water partition coefficient (Wildman–Crippen LogP) is 3.25. The van der Waals surface area contributed by atoms with Crippen molar-refractivity contribution in [3.63, 3.8) is 0 Å². The Bertz CT molecular complexity index is 903. The minimum Gasteiger partial charge on any atom is -0.391 e. The smallest absolute Gasteiger partial charge is 0.391 e. The number of likely N-dealkylation sites (tertiary alicyclic amines) is 1. The molecule has 0 saturated carbocycles. The zero-order valence-electron chi connectivity index (χ0n) is 15.1. The maximum atomic E-state index is 12.9. The van der Waals surface area contributed by atoms with E-state index in [2.05, 4.69) is 5.32 Å². The van der Waals surface area contributed by atoms with Gasteiger partial charge in [0.2, 0.25) is 5.91 Å². The summed E-state index contributed by atoms with van der Waals surface area (Å²) in [6.45, 7) is 0.0578. The van der Waals surface area contributed by atoms with Crippen molar-refractivity contribution in [1.82, 2.24) is 10.2 Å². The fourth-order valence-corrected chi connectivity index (χ4v) is 3.32. The van der Waals surface area contributed by atoms with Gasteiger partial charge in [-0.1, -0.05) is 29.8 Å². The van der Waals surface area contributed by atoms with Gasteiger partial charge in [-0.2, -0.15) is 13.2 Å². The van der Waals surface area contributed by atoms with Gasteiger partial charge in [-0.05, 0) is 35.9 Å². The number of β-amino-alcohol motifs (C(OH)–C–C–N with tert-alkyl or cyclic N) is 1. The Balaban J connectivity index is 1.73. The molecular formula is C20H18ClF3N2O3. The van der Waals surface area contributed by atoms with E-state index >= 15 is 0 Å². The largest absolute Gasteiger partial charge is 0.416 e. The Morgan fingerprint density at radius 2 is 1.86 bits per heavy atom. The Hall–Kier alpha value is -2.58. The molecule has 9 heteroatoms. The van der Waals surface area contributed by atoms with E-state index in [9.17, 15) is 27.9 Å². The summed E-state index contributed by atoms with van der Waals surface area (Å²) in [5, 5.41) is 13.2. The molecular weight excluding hydrogens is 409 g/mol. The Kier molecular flexibility index (Phi) is 6.14. The second-order valence-corrected chi connectivity index (χ2v) is 7.22. The molecule has 1 fully saturated rings. The van der Waals surface area contributed by atoms with Crippen LogP contribution in [0.1, 0.15) is 27.9 Å². The number of nitrogens with one attached hydrogen (secondary N) is 1. The molecule has 2 aromatic carbocycles. The van der Waals surface area contributed by atoms with Crippen LogP contribution in [0, 0.1) is 0 Å². The number of rotatable bonds is 4. The molecule has 2 N–H and O–H groups in total. The molecule has 1 saturated heterocycles. The zero-order valence-corrected chi connectivity index (χ0v) is 15.9. The molecule has 0 spiro atoms. The highest BCUT2D eigenvalue weighted by Crippen LogP contribution is 2.30. The lowest BCUT2D eigenvalue weighted by Crippen LogP contribution is -2.45. The summed E-state index contributed by atoms with van der Waals surface area (Å²) in [5.74, 6) is -1.23. The molecule has 2 amide bonds. The molecule has 0 bridgehead atoms. The standard InChI is InChI=1S/C20H18ClF3N2O3/c21-15-6-4-12(5-7-15)10-25-18(28)17-9-16(27)11-26(17)19(29)13-2-1-3-14(8-13)20(22,23)24/h1-8,16-17,27H,9-11H2,(H,25,28). The maximum Gasteiger partial charge on any atom is 0.416 e. The summed E-state index contributed by atoms with van der Waals surface area (Å²) in [5.41, 5.74) is -0.353. The van der Waals surface area contributed by atoms with Gasteiger partial charge in [0.25, 0.3) is 5.91 Å².